The van der Waals surface area contributed by atoms with Gasteiger partial charge >= 0.3 is 6.61 Å². The zero-order valence-corrected chi connectivity index (χ0v) is 18.1. The van der Waals surface area contributed by atoms with Gasteiger partial charge < -0.3 is 20.7 Å². The van der Waals surface area contributed by atoms with Gasteiger partial charge in [0.2, 0.25) is 11.9 Å². The van der Waals surface area contributed by atoms with Crippen molar-refractivity contribution in [2.24, 2.45) is 7.05 Å². The van der Waals surface area contributed by atoms with Gasteiger partial charge in [0, 0.05) is 49.3 Å². The summed E-state index contributed by atoms with van der Waals surface area (Å²) in [4.78, 5) is 19.0. The van der Waals surface area contributed by atoms with Gasteiger partial charge in [-0.15, -0.1) is 5.10 Å². The van der Waals surface area contributed by atoms with Gasteiger partial charge in [-0.3, -0.25) is 0 Å². The lowest BCUT2D eigenvalue weighted by Crippen LogP contribution is -2.53. The number of alkyl halides is 2. The highest BCUT2D eigenvalue weighted by Crippen LogP contribution is 2.26. The summed E-state index contributed by atoms with van der Waals surface area (Å²) in [7, 11) is 1.79. The molecule has 10 nitrogen and oxygen atoms in total. The number of pyridine rings is 1. The Kier molecular flexibility index (Phi) is 5.72. The molecule has 5 rings (SSSR count). The number of halogens is 2. The maximum Gasteiger partial charge on any atom is 0.345 e. The van der Waals surface area contributed by atoms with E-state index in [4.69, 9.17) is 5.73 Å². The Morgan fingerprint density at radius 3 is 2.47 bits per heavy atom. The van der Waals surface area contributed by atoms with E-state index in [1.165, 1.54) is 0 Å². The van der Waals surface area contributed by atoms with E-state index in [2.05, 4.69) is 35.1 Å². The van der Waals surface area contributed by atoms with Gasteiger partial charge in [0.25, 0.3) is 0 Å². The summed E-state index contributed by atoms with van der Waals surface area (Å²) in [5, 5.41) is 7.71. The van der Waals surface area contributed by atoms with Gasteiger partial charge in [0.05, 0.1) is 11.8 Å². The monoisotopic (exact) mass is 465 g/mol. The lowest BCUT2D eigenvalue weighted by Gasteiger charge is -2.39. The van der Waals surface area contributed by atoms with Crippen molar-refractivity contribution in [1.82, 2.24) is 29.7 Å². The number of anilines is 4. The minimum atomic E-state index is -2.75. The number of nitrogens with one attached hydrogen (secondary N) is 1. The molecule has 1 aliphatic heterocycles. The van der Waals surface area contributed by atoms with E-state index in [-0.39, 0.29) is 5.95 Å². The van der Waals surface area contributed by atoms with Crippen LogP contribution in [0.25, 0.3) is 22.6 Å². The smallest absolute Gasteiger partial charge is 0.345 e. The summed E-state index contributed by atoms with van der Waals surface area (Å²) >= 11 is 0. The molecule has 174 valence electrons. The fraction of sp³-hybridized carbons (Fsp3) is 0.227. The van der Waals surface area contributed by atoms with Crippen molar-refractivity contribution in [3.8, 4) is 22.6 Å². The average Bonchev–Trinajstić information content (AvgIpc) is 3.16. The maximum absolute atomic E-state index is 12.3. The number of rotatable bonds is 7. The molecule has 1 fully saturated rings. The van der Waals surface area contributed by atoms with Crippen molar-refractivity contribution in [3.63, 3.8) is 0 Å². The molecule has 0 radical (unpaired) electrons. The highest BCUT2D eigenvalue weighted by Gasteiger charge is 2.30. The number of nitrogens with zero attached hydrogens (tertiary/aromatic N) is 7. The minimum Gasteiger partial charge on any atom is -0.368 e. The zero-order valence-electron chi connectivity index (χ0n) is 18.1. The van der Waals surface area contributed by atoms with Crippen LogP contribution in [-0.2, 0) is 11.8 Å². The van der Waals surface area contributed by atoms with Crippen LogP contribution < -0.4 is 16.0 Å². The van der Waals surface area contributed by atoms with Crippen molar-refractivity contribution in [2.45, 2.75) is 12.7 Å². The molecule has 1 aliphatic rings. The Labute approximate surface area is 193 Å². The third kappa shape index (κ3) is 4.62. The van der Waals surface area contributed by atoms with Gasteiger partial charge in [-0.2, -0.15) is 13.8 Å². The minimum absolute atomic E-state index is 0.226. The highest BCUT2D eigenvalue weighted by molar-refractivity contribution is 5.66. The third-order valence-corrected chi connectivity index (χ3v) is 5.35. The first kappa shape index (κ1) is 21.6. The first-order valence-electron chi connectivity index (χ1n) is 10.5. The summed E-state index contributed by atoms with van der Waals surface area (Å²) < 4.78 is 30.7. The number of ether oxygens (including phenoxy) is 1. The number of nitrogen functional groups attached to an aromatic ring is 1. The molecule has 0 aliphatic carbocycles. The van der Waals surface area contributed by atoms with Crippen LogP contribution in [0.2, 0.25) is 0 Å². The normalized spacial score (nSPS) is 13.8. The Morgan fingerprint density at radius 2 is 1.79 bits per heavy atom. The van der Waals surface area contributed by atoms with Crippen molar-refractivity contribution in [2.75, 3.05) is 29.0 Å². The number of aryl methyl sites for hydroxylation is 1. The molecule has 12 heteroatoms. The van der Waals surface area contributed by atoms with Crippen molar-refractivity contribution in [3.05, 3.63) is 54.9 Å². The van der Waals surface area contributed by atoms with Crippen LogP contribution in [-0.4, -0.2) is 55.5 Å². The Morgan fingerprint density at radius 1 is 1.03 bits per heavy atom. The number of hydrogen-bond donors (Lipinski definition) is 2. The highest BCUT2D eigenvalue weighted by atomic mass is 19.3. The van der Waals surface area contributed by atoms with Gasteiger partial charge in [0.15, 0.2) is 5.82 Å². The summed E-state index contributed by atoms with van der Waals surface area (Å²) in [6.45, 7) is -1.98. The second-order valence-corrected chi connectivity index (χ2v) is 7.71. The molecular formula is C22H21F2N9O. The van der Waals surface area contributed by atoms with Crippen molar-refractivity contribution >= 4 is 23.4 Å². The van der Waals surface area contributed by atoms with Crippen LogP contribution >= 0.6 is 0 Å². The van der Waals surface area contributed by atoms with Gasteiger partial charge in [-0.25, -0.2) is 19.6 Å². The van der Waals surface area contributed by atoms with E-state index in [9.17, 15) is 8.78 Å². The Hall–Kier alpha value is -4.19. The molecular weight excluding hydrogens is 444 g/mol. The molecule has 0 atom stereocenters. The first-order valence-corrected chi connectivity index (χ1v) is 10.5. The molecule has 3 N–H and O–H groups in total. The standard InChI is InChI=1S/C22H21F2N9O/c1-32-22(28-15-5-2-13(3-6-15)17-8-9-26-21(25)29-17)30-19(31-32)14-4-7-18(27-10-14)33-11-16(12-33)34-20(23)24/h2-10,16,20H,11-12H2,1H3,(H2,25,26,29)(H,28,30,31). The fourth-order valence-electron chi connectivity index (χ4n) is 3.57. The maximum atomic E-state index is 12.3. The SMILES string of the molecule is Cn1nc(-c2ccc(N3CC(OC(F)F)C3)nc2)nc1Nc1ccc(-c2ccnc(N)n2)cc1. The summed E-state index contributed by atoms with van der Waals surface area (Å²) in [5.41, 5.74) is 8.89. The molecule has 1 saturated heterocycles. The summed E-state index contributed by atoms with van der Waals surface area (Å²) in [5.74, 6) is 1.99. The van der Waals surface area contributed by atoms with Gasteiger partial charge in [-0.1, -0.05) is 12.1 Å². The van der Waals surface area contributed by atoms with Gasteiger partial charge in [-0.05, 0) is 30.3 Å². The molecule has 0 spiro atoms. The lowest BCUT2D eigenvalue weighted by atomic mass is 10.1. The predicted octanol–water partition coefficient (Wildman–Crippen LogP) is 3.09. The molecule has 4 aromatic rings. The van der Waals surface area contributed by atoms with Gasteiger partial charge in [0.1, 0.15) is 5.82 Å². The predicted molar refractivity (Wildman–Crippen MR) is 122 cm³/mol. The van der Waals surface area contributed by atoms with Crippen molar-refractivity contribution < 1.29 is 13.5 Å². The quantitative estimate of drug-likeness (QED) is 0.424. The van der Waals surface area contributed by atoms with Crippen LogP contribution in [0, 0.1) is 0 Å². The van der Waals surface area contributed by atoms with Crippen LogP contribution in [0.4, 0.5) is 32.2 Å². The topological polar surface area (TPSA) is 120 Å². The van der Waals surface area contributed by atoms with E-state index in [0.717, 1.165) is 22.5 Å². The lowest BCUT2D eigenvalue weighted by molar-refractivity contribution is -0.167. The number of aromatic nitrogens is 6. The van der Waals surface area contributed by atoms with E-state index in [0.29, 0.717) is 30.7 Å². The van der Waals surface area contributed by atoms with Crippen LogP contribution in [0.1, 0.15) is 0 Å². The zero-order chi connectivity index (χ0) is 23.7. The van der Waals surface area contributed by atoms with E-state index in [1.807, 2.05) is 41.3 Å². The summed E-state index contributed by atoms with van der Waals surface area (Å²) in [6.07, 6.45) is 2.81. The molecule has 0 unspecified atom stereocenters. The fourth-order valence-corrected chi connectivity index (χ4v) is 3.57. The number of benzene rings is 1. The number of nitrogens with two attached hydrogens (primary N) is 1. The van der Waals surface area contributed by atoms with Crippen LogP contribution in [0.15, 0.2) is 54.9 Å². The van der Waals surface area contributed by atoms with Crippen LogP contribution in [0.5, 0.6) is 0 Å². The second kappa shape index (κ2) is 8.98. The van der Waals surface area contributed by atoms with E-state index < -0.39 is 12.7 Å². The molecule has 0 bridgehead atoms. The number of hydrogen-bond acceptors (Lipinski definition) is 9. The van der Waals surface area contributed by atoms with E-state index in [1.54, 1.807) is 30.2 Å². The largest absolute Gasteiger partial charge is 0.368 e. The Balaban J connectivity index is 1.24. The molecule has 3 aromatic heterocycles. The molecule has 0 amide bonds. The first-order chi connectivity index (χ1) is 16.4. The summed E-state index contributed by atoms with van der Waals surface area (Å²) in [6, 6.07) is 13.1. The van der Waals surface area contributed by atoms with Crippen LogP contribution in [0.3, 0.4) is 0 Å². The van der Waals surface area contributed by atoms with Crippen molar-refractivity contribution in [1.29, 1.82) is 0 Å². The Bertz CT molecular complexity index is 1270. The molecule has 1 aromatic carbocycles. The molecule has 34 heavy (non-hydrogen) atoms. The third-order valence-electron chi connectivity index (χ3n) is 5.35. The molecule has 4 heterocycles. The second-order valence-electron chi connectivity index (χ2n) is 7.71. The van der Waals surface area contributed by atoms with E-state index >= 15 is 0 Å². The average molecular weight is 465 g/mol. The molecule has 0 saturated carbocycles.